The van der Waals surface area contributed by atoms with E-state index >= 15 is 0 Å². The number of ether oxygens (including phenoxy) is 1. The lowest BCUT2D eigenvalue weighted by atomic mass is 9.70. The Kier molecular flexibility index (Phi) is 6.74. The van der Waals surface area contributed by atoms with Gasteiger partial charge in [-0.1, -0.05) is 29.8 Å². The number of carbonyl (C=O) groups is 1. The lowest BCUT2D eigenvalue weighted by molar-refractivity contribution is -0.128. The van der Waals surface area contributed by atoms with Crippen LogP contribution < -0.4 is 14.2 Å². The molecule has 0 saturated heterocycles. The average molecular weight is 586 g/mol. The number of halogens is 1. The second-order valence-electron chi connectivity index (χ2n) is 9.73. The van der Waals surface area contributed by atoms with E-state index in [1.165, 1.54) is 30.3 Å². The highest BCUT2D eigenvalue weighted by molar-refractivity contribution is 9.10. The zero-order valence-electron chi connectivity index (χ0n) is 19.8. The fourth-order valence-corrected chi connectivity index (χ4v) is 9.07. The number of carbonyl (C=O) groups excluding carboxylic acids is 1. The number of anilines is 2. The van der Waals surface area contributed by atoms with Gasteiger partial charge in [0.15, 0.2) is 0 Å². The van der Waals surface area contributed by atoms with Gasteiger partial charge in [0, 0.05) is 22.3 Å². The minimum Gasteiger partial charge on any atom is -0.492 e. The maximum Gasteiger partial charge on any atom is 0.265 e. The van der Waals surface area contributed by atoms with Crippen LogP contribution in [0.2, 0.25) is 0 Å². The average Bonchev–Trinajstić information content (AvgIpc) is 3.10. The molecule has 2 fully saturated rings. The number of sulfonamides is 2. The number of rotatable bonds is 9. The first-order valence-corrected chi connectivity index (χ1v) is 15.3. The highest BCUT2D eigenvalue weighted by atomic mass is 79.9. The van der Waals surface area contributed by atoms with Gasteiger partial charge in [-0.3, -0.25) is 14.2 Å². The van der Waals surface area contributed by atoms with E-state index in [1.54, 1.807) is 19.1 Å². The number of Topliss-reactive ketones (excluding diaryl/α,β-unsaturated/α-hetero) is 1. The highest BCUT2D eigenvalue weighted by Crippen LogP contribution is 2.64. The smallest absolute Gasteiger partial charge is 0.265 e. The van der Waals surface area contributed by atoms with Crippen LogP contribution in [-0.2, 0) is 24.8 Å². The number of ketones is 1. The van der Waals surface area contributed by atoms with Crippen molar-refractivity contribution in [2.24, 2.45) is 16.7 Å². The molecule has 2 N–H and O–H groups in total. The molecule has 8 nitrogen and oxygen atoms in total. The van der Waals surface area contributed by atoms with Gasteiger partial charge in [-0.25, -0.2) is 16.8 Å². The molecule has 2 atom stereocenters. The third-order valence-corrected chi connectivity index (χ3v) is 10.8. The molecule has 35 heavy (non-hydrogen) atoms. The van der Waals surface area contributed by atoms with Crippen LogP contribution in [0, 0.1) is 16.7 Å². The summed E-state index contributed by atoms with van der Waals surface area (Å²) in [5, 5.41) is 0. The first kappa shape index (κ1) is 26.0. The van der Waals surface area contributed by atoms with E-state index in [0.29, 0.717) is 29.6 Å². The summed E-state index contributed by atoms with van der Waals surface area (Å²) in [4.78, 5) is 12.7. The number of fused-ring (bicyclic) bond motifs is 2. The third-order valence-electron chi connectivity index (χ3n) is 7.48. The van der Waals surface area contributed by atoms with Crippen LogP contribution in [0.25, 0.3) is 0 Å². The van der Waals surface area contributed by atoms with Crippen molar-refractivity contribution in [1.29, 1.82) is 0 Å². The summed E-state index contributed by atoms with van der Waals surface area (Å²) in [5.41, 5.74) is -0.658. The Bertz CT molecular complexity index is 1360. The Labute approximate surface area is 215 Å². The monoisotopic (exact) mass is 584 g/mol. The van der Waals surface area contributed by atoms with Crippen molar-refractivity contribution in [3.05, 3.63) is 46.9 Å². The summed E-state index contributed by atoms with van der Waals surface area (Å²) in [6.07, 6.45) is 1.90. The molecule has 190 valence electrons. The molecule has 2 saturated carbocycles. The van der Waals surface area contributed by atoms with Gasteiger partial charge in [-0.05, 0) is 73.6 Å². The highest BCUT2D eigenvalue weighted by Gasteiger charge is 2.65. The normalized spacial score (nSPS) is 23.3. The molecule has 0 radical (unpaired) electrons. The number of benzene rings is 2. The lowest BCUT2D eigenvalue weighted by Gasteiger charge is -2.36. The number of nitrogens with one attached hydrogen (secondary N) is 2. The van der Waals surface area contributed by atoms with Crippen LogP contribution in [0.15, 0.2) is 51.8 Å². The molecule has 0 heterocycles. The van der Waals surface area contributed by atoms with Gasteiger partial charge in [0.25, 0.3) is 10.0 Å². The van der Waals surface area contributed by atoms with E-state index in [0.717, 1.165) is 6.42 Å². The van der Waals surface area contributed by atoms with E-state index in [2.05, 4.69) is 25.4 Å². The second-order valence-corrected chi connectivity index (χ2v) is 14.0. The second kappa shape index (κ2) is 9.08. The van der Waals surface area contributed by atoms with Gasteiger partial charge in [0.2, 0.25) is 10.0 Å². The minimum atomic E-state index is -3.96. The third kappa shape index (κ3) is 4.82. The van der Waals surface area contributed by atoms with Gasteiger partial charge in [-0.2, -0.15) is 0 Å². The zero-order chi connectivity index (χ0) is 25.6. The van der Waals surface area contributed by atoms with Crippen molar-refractivity contribution in [2.75, 3.05) is 21.8 Å². The van der Waals surface area contributed by atoms with E-state index in [-0.39, 0.29) is 39.2 Å². The lowest BCUT2D eigenvalue weighted by Crippen LogP contribution is -2.43. The molecule has 4 rings (SSSR count). The molecule has 2 aromatic carbocycles. The van der Waals surface area contributed by atoms with Crippen LogP contribution >= 0.6 is 15.9 Å². The molecular weight excluding hydrogens is 556 g/mol. The van der Waals surface area contributed by atoms with Gasteiger partial charge in [0.05, 0.1) is 17.8 Å². The van der Waals surface area contributed by atoms with Crippen molar-refractivity contribution < 1.29 is 26.4 Å². The molecule has 0 aliphatic heterocycles. The molecule has 2 bridgehead atoms. The number of hydrogen-bond donors (Lipinski definition) is 2. The van der Waals surface area contributed by atoms with Crippen molar-refractivity contribution in [1.82, 2.24) is 0 Å². The Morgan fingerprint density at radius 3 is 2.20 bits per heavy atom. The Hall–Kier alpha value is -2.11. The van der Waals surface area contributed by atoms with Crippen LogP contribution in [0.3, 0.4) is 0 Å². The molecule has 0 aromatic heterocycles. The van der Waals surface area contributed by atoms with Gasteiger partial charge in [-0.15, -0.1) is 0 Å². The van der Waals surface area contributed by atoms with Gasteiger partial charge >= 0.3 is 0 Å². The zero-order valence-corrected chi connectivity index (χ0v) is 23.0. The largest absolute Gasteiger partial charge is 0.492 e. The maximum atomic E-state index is 13.0. The summed E-state index contributed by atoms with van der Waals surface area (Å²) in [6.45, 7) is 6.06. The molecule has 11 heteroatoms. The van der Waals surface area contributed by atoms with Crippen molar-refractivity contribution in [3.8, 4) is 5.75 Å². The Morgan fingerprint density at radius 1 is 1.03 bits per heavy atom. The molecule has 0 spiro atoms. The minimum absolute atomic E-state index is 0.0172. The predicted octanol–water partition coefficient (Wildman–Crippen LogP) is 4.79. The summed E-state index contributed by atoms with van der Waals surface area (Å²) in [6, 6.07) is 10.6. The first-order valence-electron chi connectivity index (χ1n) is 11.4. The van der Waals surface area contributed by atoms with Crippen LogP contribution in [0.5, 0.6) is 5.75 Å². The quantitative estimate of drug-likeness (QED) is 0.437. The maximum absolute atomic E-state index is 13.0. The first-order chi connectivity index (χ1) is 16.3. The summed E-state index contributed by atoms with van der Waals surface area (Å²) in [7, 11) is -7.76. The SMILES string of the molecule is CCOc1ccc(Br)cc1S(=O)(=O)Nc1ccc(NS(=O)(=O)CC23CCC(CC2=O)C3(C)C)cc1. The molecule has 2 unspecified atom stereocenters. The van der Waals surface area contributed by atoms with Crippen molar-refractivity contribution in [2.45, 2.75) is 44.9 Å². The van der Waals surface area contributed by atoms with E-state index < -0.39 is 25.5 Å². The topological polar surface area (TPSA) is 119 Å². The Morgan fingerprint density at radius 2 is 1.66 bits per heavy atom. The summed E-state index contributed by atoms with van der Waals surface area (Å²) >= 11 is 3.28. The van der Waals surface area contributed by atoms with E-state index in [9.17, 15) is 21.6 Å². The molecule has 2 aliphatic carbocycles. The fraction of sp³-hybridized carbons (Fsp3) is 0.458. The summed E-state index contributed by atoms with van der Waals surface area (Å²) in [5.74, 6) is 0.240. The predicted molar refractivity (Wildman–Crippen MR) is 139 cm³/mol. The van der Waals surface area contributed by atoms with Crippen molar-refractivity contribution in [3.63, 3.8) is 0 Å². The van der Waals surface area contributed by atoms with E-state index in [4.69, 9.17) is 4.74 Å². The molecule has 2 aliphatic rings. The molecule has 0 amide bonds. The summed E-state index contributed by atoms with van der Waals surface area (Å²) < 4.78 is 63.0. The standard InChI is InChI=1S/C24H29BrN2O6S2/c1-4-33-20-10-5-17(25)14-21(20)35(31,32)27-19-8-6-18(7-9-19)26-34(29,30)15-24-12-11-16(13-22(24)28)23(24,2)3/h5-10,14,16,26-27H,4,11-13,15H2,1-3H3. The Balaban J connectivity index is 1.49. The van der Waals surface area contributed by atoms with Crippen LogP contribution in [0.4, 0.5) is 11.4 Å². The molecular formula is C24H29BrN2O6S2. The van der Waals surface area contributed by atoms with Crippen LogP contribution in [-0.4, -0.2) is 35.0 Å². The van der Waals surface area contributed by atoms with Gasteiger partial charge < -0.3 is 4.74 Å². The molecule has 2 aromatic rings. The van der Waals surface area contributed by atoms with E-state index in [1.807, 2.05) is 13.8 Å². The van der Waals surface area contributed by atoms with Gasteiger partial charge in [0.1, 0.15) is 16.4 Å². The van der Waals surface area contributed by atoms with Crippen molar-refractivity contribution >= 4 is 53.1 Å². The number of hydrogen-bond acceptors (Lipinski definition) is 6. The van der Waals surface area contributed by atoms with Crippen LogP contribution in [0.1, 0.15) is 40.0 Å². The fourth-order valence-electron chi connectivity index (χ4n) is 5.43.